The van der Waals surface area contributed by atoms with Crippen molar-refractivity contribution in [1.82, 2.24) is 9.97 Å². The fourth-order valence-corrected chi connectivity index (χ4v) is 1.68. The lowest BCUT2D eigenvalue weighted by Gasteiger charge is -2.09. The predicted molar refractivity (Wildman–Crippen MR) is 68.7 cm³/mol. The number of aromatic nitrogens is 2. The van der Waals surface area contributed by atoms with Gasteiger partial charge in [0.05, 0.1) is 3.57 Å². The molecule has 4 nitrogen and oxygen atoms in total. The number of nitrogens with one attached hydrogen (secondary N) is 1. The number of hydrogen-bond acceptors (Lipinski definition) is 4. The summed E-state index contributed by atoms with van der Waals surface area (Å²) < 4.78 is 1.03. The van der Waals surface area contributed by atoms with E-state index in [1.165, 1.54) is 0 Å². The van der Waals surface area contributed by atoms with E-state index in [1.807, 2.05) is 0 Å². The summed E-state index contributed by atoms with van der Waals surface area (Å²) in [7, 11) is 0. The molecule has 0 spiro atoms. The monoisotopic (exact) mass is 321 g/mol. The Labute approximate surface area is 104 Å². The maximum atomic E-state index is 8.85. The molecule has 0 aliphatic heterocycles. The first-order valence-corrected chi connectivity index (χ1v) is 6.12. The van der Waals surface area contributed by atoms with E-state index >= 15 is 0 Å². The quantitative estimate of drug-likeness (QED) is 0.621. The molecule has 1 unspecified atom stereocenters. The van der Waals surface area contributed by atoms with Crippen LogP contribution < -0.4 is 5.32 Å². The van der Waals surface area contributed by atoms with Crippen LogP contribution in [0, 0.1) is 9.49 Å². The Hall–Kier alpha value is -0.430. The van der Waals surface area contributed by atoms with E-state index in [1.54, 1.807) is 12.5 Å². The van der Waals surface area contributed by atoms with E-state index in [4.69, 9.17) is 5.11 Å². The van der Waals surface area contributed by atoms with Gasteiger partial charge in [-0.05, 0) is 41.4 Å². The molecule has 1 heterocycles. The van der Waals surface area contributed by atoms with Crippen molar-refractivity contribution in [2.75, 3.05) is 18.5 Å². The van der Waals surface area contributed by atoms with Crippen LogP contribution in [0.15, 0.2) is 12.5 Å². The molecule has 0 saturated heterocycles. The summed E-state index contributed by atoms with van der Waals surface area (Å²) in [5, 5.41) is 12.1. The van der Waals surface area contributed by atoms with Gasteiger partial charge in [-0.3, -0.25) is 0 Å². The van der Waals surface area contributed by atoms with Gasteiger partial charge in [0.15, 0.2) is 0 Å². The minimum absolute atomic E-state index is 0.269. The zero-order valence-electron chi connectivity index (χ0n) is 8.78. The Morgan fingerprint density at radius 3 is 3.07 bits per heavy atom. The molecular formula is C10H16IN3O. The van der Waals surface area contributed by atoms with Gasteiger partial charge in [-0.15, -0.1) is 0 Å². The Morgan fingerprint density at radius 2 is 2.40 bits per heavy atom. The molecule has 0 aromatic carbocycles. The van der Waals surface area contributed by atoms with Gasteiger partial charge in [0.25, 0.3) is 0 Å². The molecule has 0 amide bonds. The molecule has 2 N–H and O–H groups in total. The summed E-state index contributed by atoms with van der Waals surface area (Å²) in [6.07, 6.45) is 5.40. The second kappa shape index (κ2) is 6.95. The summed E-state index contributed by atoms with van der Waals surface area (Å²) in [6.45, 7) is 3.21. The second-order valence-electron chi connectivity index (χ2n) is 3.58. The topological polar surface area (TPSA) is 58.0 Å². The van der Waals surface area contributed by atoms with Gasteiger partial charge in [-0.25, -0.2) is 9.97 Å². The van der Waals surface area contributed by atoms with Crippen molar-refractivity contribution in [3.05, 3.63) is 16.1 Å². The van der Waals surface area contributed by atoms with Crippen molar-refractivity contribution < 1.29 is 5.11 Å². The van der Waals surface area contributed by atoms with Gasteiger partial charge >= 0.3 is 0 Å². The van der Waals surface area contributed by atoms with Crippen LogP contribution in [0.1, 0.15) is 19.8 Å². The van der Waals surface area contributed by atoms with E-state index < -0.39 is 0 Å². The van der Waals surface area contributed by atoms with E-state index in [-0.39, 0.29) is 6.61 Å². The van der Waals surface area contributed by atoms with Gasteiger partial charge < -0.3 is 10.4 Å². The molecule has 1 aromatic rings. The van der Waals surface area contributed by atoms with Crippen LogP contribution >= 0.6 is 22.6 Å². The van der Waals surface area contributed by atoms with Gasteiger partial charge in [0.2, 0.25) is 0 Å². The van der Waals surface area contributed by atoms with E-state index in [9.17, 15) is 0 Å². The van der Waals surface area contributed by atoms with Crippen LogP contribution in [0.2, 0.25) is 0 Å². The molecule has 0 aliphatic carbocycles. The summed E-state index contributed by atoms with van der Waals surface area (Å²) in [5.41, 5.74) is 0. The summed E-state index contributed by atoms with van der Waals surface area (Å²) in [6, 6.07) is 0. The molecular weight excluding hydrogens is 305 g/mol. The number of aliphatic hydroxyl groups excluding tert-OH is 1. The summed E-state index contributed by atoms with van der Waals surface area (Å²) in [5.74, 6) is 1.28. The smallest absolute Gasteiger partial charge is 0.142 e. The van der Waals surface area contributed by atoms with Crippen molar-refractivity contribution >= 4 is 28.4 Å². The van der Waals surface area contributed by atoms with Crippen LogP contribution in [0.25, 0.3) is 0 Å². The minimum atomic E-state index is 0.269. The highest BCUT2D eigenvalue weighted by atomic mass is 127. The molecule has 0 saturated carbocycles. The molecule has 5 heteroatoms. The van der Waals surface area contributed by atoms with Crippen LogP contribution in [0.5, 0.6) is 0 Å². The molecule has 1 aromatic heterocycles. The van der Waals surface area contributed by atoms with Gasteiger partial charge in [-0.2, -0.15) is 0 Å². The van der Waals surface area contributed by atoms with Crippen molar-refractivity contribution in [2.45, 2.75) is 19.8 Å². The third-order valence-corrected chi connectivity index (χ3v) is 2.93. The summed E-state index contributed by atoms with van der Waals surface area (Å²) in [4.78, 5) is 8.06. The van der Waals surface area contributed by atoms with Crippen LogP contribution in [0.3, 0.4) is 0 Å². The van der Waals surface area contributed by atoms with Gasteiger partial charge in [-0.1, -0.05) is 6.92 Å². The Balaban J connectivity index is 2.23. The maximum Gasteiger partial charge on any atom is 0.142 e. The normalized spacial score (nSPS) is 12.5. The third kappa shape index (κ3) is 4.74. The first-order chi connectivity index (χ1) is 7.24. The lowest BCUT2D eigenvalue weighted by molar-refractivity contribution is 0.229. The fraction of sp³-hybridized carbons (Fsp3) is 0.600. The van der Waals surface area contributed by atoms with E-state index in [0.717, 1.165) is 28.8 Å². The first-order valence-electron chi connectivity index (χ1n) is 5.04. The standard InChI is InChI=1S/C10H16IN3O/c1-8(6-15)3-2-4-13-10-9(11)5-12-7-14-10/h5,7-8,15H,2-4,6H2,1H3,(H,12,13,14). The number of aliphatic hydroxyl groups is 1. The molecule has 84 valence electrons. The summed E-state index contributed by atoms with van der Waals surface area (Å²) >= 11 is 2.21. The number of hydrogen-bond donors (Lipinski definition) is 2. The molecule has 0 radical (unpaired) electrons. The largest absolute Gasteiger partial charge is 0.396 e. The zero-order valence-corrected chi connectivity index (χ0v) is 10.9. The van der Waals surface area contributed by atoms with Crippen molar-refractivity contribution in [3.63, 3.8) is 0 Å². The number of rotatable bonds is 6. The van der Waals surface area contributed by atoms with E-state index in [2.05, 4.69) is 44.8 Å². The van der Waals surface area contributed by atoms with Gasteiger partial charge in [0, 0.05) is 19.3 Å². The Morgan fingerprint density at radius 1 is 1.60 bits per heavy atom. The Bertz CT molecular complexity index is 296. The third-order valence-electron chi connectivity index (χ3n) is 2.15. The van der Waals surface area contributed by atoms with Crippen molar-refractivity contribution in [1.29, 1.82) is 0 Å². The zero-order chi connectivity index (χ0) is 11.1. The van der Waals surface area contributed by atoms with Gasteiger partial charge in [0.1, 0.15) is 12.1 Å². The molecule has 0 fully saturated rings. The minimum Gasteiger partial charge on any atom is -0.396 e. The highest BCUT2D eigenvalue weighted by molar-refractivity contribution is 14.1. The molecule has 15 heavy (non-hydrogen) atoms. The average Bonchev–Trinajstić information content (AvgIpc) is 2.26. The number of anilines is 1. The predicted octanol–water partition coefficient (Wildman–Crippen LogP) is 1.90. The molecule has 0 bridgehead atoms. The molecule has 1 rings (SSSR count). The van der Waals surface area contributed by atoms with Crippen LogP contribution in [-0.2, 0) is 0 Å². The van der Waals surface area contributed by atoms with Crippen LogP contribution in [-0.4, -0.2) is 28.2 Å². The highest BCUT2D eigenvalue weighted by Crippen LogP contribution is 2.12. The van der Waals surface area contributed by atoms with Crippen molar-refractivity contribution in [3.8, 4) is 0 Å². The SMILES string of the molecule is CC(CO)CCCNc1ncncc1I. The molecule has 1 atom stereocenters. The molecule has 0 aliphatic rings. The van der Waals surface area contributed by atoms with E-state index in [0.29, 0.717) is 5.92 Å². The fourth-order valence-electron chi connectivity index (χ4n) is 1.19. The number of nitrogens with zero attached hydrogens (tertiary/aromatic N) is 2. The lowest BCUT2D eigenvalue weighted by Crippen LogP contribution is -2.08. The van der Waals surface area contributed by atoms with Crippen LogP contribution in [0.4, 0.5) is 5.82 Å². The average molecular weight is 321 g/mol. The first kappa shape index (κ1) is 12.6. The maximum absolute atomic E-state index is 8.85. The van der Waals surface area contributed by atoms with Crippen molar-refractivity contribution in [2.24, 2.45) is 5.92 Å². The highest BCUT2D eigenvalue weighted by Gasteiger charge is 2.01. The lowest BCUT2D eigenvalue weighted by atomic mass is 10.1. The number of halogens is 1. The Kier molecular flexibility index (Phi) is 5.85. The second-order valence-corrected chi connectivity index (χ2v) is 4.74.